The standard InChI is InChI=1S/C24H27N3O2S/c1-3-17-10-4-9-15-21(17)27-23(29)19-13-7-8-14-20(19)26-24(27)30-16(2)22(28)25-18-11-5-6-12-18/h4,7-10,13-16,18H,3,5-6,11-12H2,1-2H3,(H,25,28)/t16-/m0/s1. The van der Waals surface area contributed by atoms with Crippen LogP contribution in [0.5, 0.6) is 0 Å². The van der Waals surface area contributed by atoms with E-state index in [4.69, 9.17) is 4.98 Å². The second kappa shape index (κ2) is 9.04. The summed E-state index contributed by atoms with van der Waals surface area (Å²) in [5.41, 5.74) is 2.45. The average Bonchev–Trinajstić information content (AvgIpc) is 3.27. The average molecular weight is 422 g/mol. The van der Waals surface area contributed by atoms with Gasteiger partial charge >= 0.3 is 0 Å². The third-order valence-electron chi connectivity index (χ3n) is 5.71. The largest absolute Gasteiger partial charge is 0.352 e. The lowest BCUT2D eigenvalue weighted by molar-refractivity contribution is -0.120. The Morgan fingerprint density at radius 2 is 1.87 bits per heavy atom. The summed E-state index contributed by atoms with van der Waals surface area (Å²) in [6, 6.07) is 15.5. The van der Waals surface area contributed by atoms with Crippen molar-refractivity contribution in [3.8, 4) is 5.69 Å². The van der Waals surface area contributed by atoms with Gasteiger partial charge in [0.05, 0.1) is 21.8 Å². The predicted octanol–water partition coefficient (Wildman–Crippen LogP) is 4.49. The van der Waals surface area contributed by atoms with E-state index in [1.54, 1.807) is 10.6 Å². The van der Waals surface area contributed by atoms with E-state index in [-0.39, 0.29) is 22.8 Å². The van der Waals surface area contributed by atoms with Gasteiger partial charge in [-0.25, -0.2) is 4.98 Å². The smallest absolute Gasteiger partial charge is 0.266 e. The van der Waals surface area contributed by atoms with Crippen LogP contribution >= 0.6 is 11.8 Å². The number of aryl methyl sites for hydroxylation is 1. The number of carbonyl (C=O) groups excluding carboxylic acids is 1. The molecule has 1 aliphatic carbocycles. The van der Waals surface area contributed by atoms with Crippen LogP contribution < -0.4 is 10.9 Å². The number of hydrogen-bond acceptors (Lipinski definition) is 4. The molecule has 2 aromatic carbocycles. The van der Waals surface area contributed by atoms with E-state index < -0.39 is 0 Å². The molecule has 4 rings (SSSR count). The summed E-state index contributed by atoms with van der Waals surface area (Å²) in [5, 5.41) is 3.94. The highest BCUT2D eigenvalue weighted by Gasteiger charge is 2.24. The van der Waals surface area contributed by atoms with Crippen LogP contribution in [-0.4, -0.2) is 26.8 Å². The Kier molecular flexibility index (Phi) is 6.23. The van der Waals surface area contributed by atoms with Crippen LogP contribution in [0, 0.1) is 0 Å². The number of rotatable bonds is 6. The Bertz CT molecular complexity index is 1120. The summed E-state index contributed by atoms with van der Waals surface area (Å²) in [7, 11) is 0. The van der Waals surface area contributed by atoms with Crippen molar-refractivity contribution in [3.63, 3.8) is 0 Å². The molecule has 1 aromatic heterocycles. The van der Waals surface area contributed by atoms with Crippen LogP contribution in [0.25, 0.3) is 16.6 Å². The maximum absolute atomic E-state index is 13.5. The van der Waals surface area contributed by atoms with Gasteiger partial charge in [0.15, 0.2) is 5.16 Å². The van der Waals surface area contributed by atoms with E-state index in [1.807, 2.05) is 49.4 Å². The summed E-state index contributed by atoms with van der Waals surface area (Å²) >= 11 is 1.34. The molecular formula is C24H27N3O2S. The van der Waals surface area contributed by atoms with E-state index >= 15 is 0 Å². The number of thioether (sulfide) groups is 1. The summed E-state index contributed by atoms with van der Waals surface area (Å²) in [5.74, 6) is 0.00429. The Labute approximate surface area is 180 Å². The highest BCUT2D eigenvalue weighted by Crippen LogP contribution is 2.27. The monoisotopic (exact) mass is 421 g/mol. The fourth-order valence-corrected chi connectivity index (χ4v) is 4.96. The molecular weight excluding hydrogens is 394 g/mol. The van der Waals surface area contributed by atoms with Crippen LogP contribution in [0.3, 0.4) is 0 Å². The highest BCUT2D eigenvalue weighted by molar-refractivity contribution is 8.00. The second-order valence-corrected chi connectivity index (χ2v) is 9.09. The molecule has 0 spiro atoms. The van der Waals surface area contributed by atoms with Gasteiger partial charge in [0.25, 0.3) is 5.56 Å². The summed E-state index contributed by atoms with van der Waals surface area (Å²) in [4.78, 5) is 31.0. The van der Waals surface area contributed by atoms with E-state index in [0.29, 0.717) is 16.1 Å². The lowest BCUT2D eigenvalue weighted by atomic mass is 10.1. The molecule has 0 unspecified atom stereocenters. The molecule has 1 amide bonds. The summed E-state index contributed by atoms with van der Waals surface area (Å²) in [6.07, 6.45) is 5.24. The van der Waals surface area contributed by atoms with Crippen molar-refractivity contribution in [2.75, 3.05) is 0 Å². The molecule has 1 saturated carbocycles. The molecule has 1 heterocycles. The zero-order chi connectivity index (χ0) is 21.1. The lowest BCUT2D eigenvalue weighted by Gasteiger charge is -2.19. The highest BCUT2D eigenvalue weighted by atomic mass is 32.2. The topological polar surface area (TPSA) is 64.0 Å². The van der Waals surface area contributed by atoms with Gasteiger partial charge < -0.3 is 5.32 Å². The van der Waals surface area contributed by atoms with Crippen molar-refractivity contribution in [2.24, 2.45) is 0 Å². The van der Waals surface area contributed by atoms with Crippen molar-refractivity contribution in [3.05, 3.63) is 64.4 Å². The van der Waals surface area contributed by atoms with Crippen LogP contribution in [0.2, 0.25) is 0 Å². The van der Waals surface area contributed by atoms with Crippen molar-refractivity contribution < 1.29 is 4.79 Å². The lowest BCUT2D eigenvalue weighted by Crippen LogP contribution is -2.38. The first kappa shape index (κ1) is 20.7. The van der Waals surface area contributed by atoms with Gasteiger partial charge in [-0.05, 0) is 49.9 Å². The minimum atomic E-state index is -0.348. The maximum Gasteiger partial charge on any atom is 0.266 e. The molecule has 0 saturated heterocycles. The molecule has 0 bridgehead atoms. The molecule has 6 heteroatoms. The number of hydrogen-bond donors (Lipinski definition) is 1. The fraction of sp³-hybridized carbons (Fsp3) is 0.375. The van der Waals surface area contributed by atoms with Crippen LogP contribution in [0.4, 0.5) is 0 Å². The Balaban J connectivity index is 1.76. The van der Waals surface area contributed by atoms with E-state index in [0.717, 1.165) is 30.5 Å². The molecule has 30 heavy (non-hydrogen) atoms. The van der Waals surface area contributed by atoms with E-state index in [2.05, 4.69) is 12.2 Å². The first-order valence-electron chi connectivity index (χ1n) is 10.7. The third kappa shape index (κ3) is 4.15. The Morgan fingerprint density at radius 3 is 2.63 bits per heavy atom. The molecule has 1 atom stereocenters. The molecule has 1 N–H and O–H groups in total. The third-order valence-corrected chi connectivity index (χ3v) is 6.76. The first-order valence-corrected chi connectivity index (χ1v) is 11.5. The van der Waals surface area contributed by atoms with Gasteiger partial charge in [-0.2, -0.15) is 0 Å². The molecule has 1 aliphatic rings. The van der Waals surface area contributed by atoms with Crippen LogP contribution in [-0.2, 0) is 11.2 Å². The number of nitrogens with zero attached hydrogens (tertiary/aromatic N) is 2. The van der Waals surface area contributed by atoms with Gasteiger partial charge in [0, 0.05) is 6.04 Å². The predicted molar refractivity (Wildman–Crippen MR) is 122 cm³/mol. The number of para-hydroxylation sites is 2. The van der Waals surface area contributed by atoms with Gasteiger partial charge in [-0.15, -0.1) is 0 Å². The van der Waals surface area contributed by atoms with Gasteiger partial charge in [0.1, 0.15) is 0 Å². The summed E-state index contributed by atoms with van der Waals surface area (Å²) in [6.45, 7) is 3.95. The van der Waals surface area contributed by atoms with Crippen molar-refractivity contribution in [1.82, 2.24) is 14.9 Å². The van der Waals surface area contributed by atoms with Gasteiger partial charge in [-0.1, -0.05) is 61.9 Å². The van der Waals surface area contributed by atoms with Crippen molar-refractivity contribution >= 4 is 28.6 Å². The van der Waals surface area contributed by atoms with Gasteiger partial charge in [0.2, 0.25) is 5.91 Å². The first-order chi connectivity index (χ1) is 14.6. The molecule has 0 aliphatic heterocycles. The Hall–Kier alpha value is -2.60. The van der Waals surface area contributed by atoms with E-state index in [1.165, 1.54) is 24.6 Å². The molecule has 5 nitrogen and oxygen atoms in total. The number of carbonyl (C=O) groups is 1. The zero-order valence-electron chi connectivity index (χ0n) is 17.4. The molecule has 0 radical (unpaired) electrons. The number of benzene rings is 2. The van der Waals surface area contributed by atoms with E-state index in [9.17, 15) is 9.59 Å². The van der Waals surface area contributed by atoms with Crippen LogP contribution in [0.1, 0.15) is 45.1 Å². The van der Waals surface area contributed by atoms with Crippen molar-refractivity contribution in [2.45, 2.75) is 62.4 Å². The number of aromatic nitrogens is 2. The minimum Gasteiger partial charge on any atom is -0.352 e. The fourth-order valence-electron chi connectivity index (χ4n) is 4.03. The second-order valence-electron chi connectivity index (χ2n) is 7.78. The molecule has 156 valence electrons. The summed E-state index contributed by atoms with van der Waals surface area (Å²) < 4.78 is 1.67. The Morgan fingerprint density at radius 1 is 1.17 bits per heavy atom. The minimum absolute atomic E-state index is 0.00429. The SMILES string of the molecule is CCc1ccccc1-n1c(S[C@@H](C)C(=O)NC2CCCC2)nc2ccccc2c1=O. The van der Waals surface area contributed by atoms with Crippen LogP contribution in [0.15, 0.2) is 58.5 Å². The number of fused-ring (bicyclic) bond motifs is 1. The maximum atomic E-state index is 13.5. The van der Waals surface area contributed by atoms with Crippen molar-refractivity contribution in [1.29, 1.82) is 0 Å². The molecule has 3 aromatic rings. The zero-order valence-corrected chi connectivity index (χ0v) is 18.2. The number of nitrogens with one attached hydrogen (secondary N) is 1. The van der Waals surface area contributed by atoms with Gasteiger partial charge in [-0.3, -0.25) is 14.2 Å². The number of amides is 1. The normalized spacial score (nSPS) is 15.4. The molecule has 1 fully saturated rings. The quantitative estimate of drug-likeness (QED) is 0.471.